The van der Waals surface area contributed by atoms with Crippen molar-refractivity contribution in [1.29, 1.82) is 0 Å². The number of amides is 1. The molecule has 1 saturated heterocycles. The Balaban J connectivity index is 1.42. The highest BCUT2D eigenvalue weighted by Gasteiger charge is 2.27. The molecule has 0 atom stereocenters. The van der Waals surface area contributed by atoms with Gasteiger partial charge in [-0.05, 0) is 37.4 Å². The van der Waals surface area contributed by atoms with Crippen molar-refractivity contribution in [3.63, 3.8) is 0 Å². The summed E-state index contributed by atoms with van der Waals surface area (Å²) >= 11 is 0. The topological polar surface area (TPSA) is 156 Å². The van der Waals surface area contributed by atoms with Crippen molar-refractivity contribution in [2.75, 3.05) is 71.4 Å². The maximum absolute atomic E-state index is 12.4. The molecule has 1 aromatic carbocycles. The van der Waals surface area contributed by atoms with E-state index in [0.29, 0.717) is 44.1 Å². The summed E-state index contributed by atoms with van der Waals surface area (Å²) in [6, 6.07) is 6.39. The molecule has 4 rings (SSSR count). The van der Waals surface area contributed by atoms with Gasteiger partial charge in [-0.1, -0.05) is 32.4 Å². The lowest BCUT2D eigenvalue weighted by molar-refractivity contribution is -0.134. The van der Waals surface area contributed by atoms with Crippen LogP contribution in [-0.2, 0) is 28.9 Å². The third kappa shape index (κ3) is 7.76. The number of carbonyl (C=O) groups is 1. The van der Waals surface area contributed by atoms with Crippen molar-refractivity contribution in [3.8, 4) is 0 Å². The minimum Gasteiger partial charge on any atom is -0.396 e. The monoisotopic (exact) mass is 583 g/mol. The lowest BCUT2D eigenvalue weighted by atomic mass is 9.92. The first-order valence-corrected chi connectivity index (χ1v) is 15.4. The number of benzene rings is 1. The molecule has 1 fully saturated rings. The van der Waals surface area contributed by atoms with Crippen LogP contribution in [0.2, 0.25) is 0 Å². The molecule has 0 spiro atoms. The quantitative estimate of drug-likeness (QED) is 0.185. The van der Waals surface area contributed by atoms with Crippen LogP contribution >= 0.6 is 0 Å². The van der Waals surface area contributed by atoms with Crippen LogP contribution in [0.1, 0.15) is 50.9 Å². The first kappa shape index (κ1) is 32.1. The van der Waals surface area contributed by atoms with E-state index in [1.165, 1.54) is 5.56 Å². The zero-order valence-electron chi connectivity index (χ0n) is 25.4. The van der Waals surface area contributed by atoms with Crippen LogP contribution in [-0.4, -0.2) is 106 Å². The molecule has 1 amide bonds. The SMILES string of the molecule is CCCCc1nc2c(N)nc3cc(CCCN4CCN(C(=O)CCOCCN)CC4)ccc3c2n1CC(C)(CO)CO. The first-order chi connectivity index (χ1) is 20.3. The number of aliphatic hydroxyl groups is 2. The van der Waals surface area contributed by atoms with Crippen molar-refractivity contribution < 1.29 is 19.7 Å². The summed E-state index contributed by atoms with van der Waals surface area (Å²) in [6.07, 6.45) is 5.16. The lowest BCUT2D eigenvalue weighted by Gasteiger charge is -2.34. The zero-order chi connectivity index (χ0) is 30.1. The average Bonchev–Trinajstić information content (AvgIpc) is 3.36. The molecule has 11 nitrogen and oxygen atoms in total. The second-order valence-corrected chi connectivity index (χ2v) is 11.9. The summed E-state index contributed by atoms with van der Waals surface area (Å²) < 4.78 is 7.48. The maximum Gasteiger partial charge on any atom is 0.224 e. The van der Waals surface area contributed by atoms with E-state index in [0.717, 1.165) is 87.1 Å². The number of aliphatic hydroxyl groups excluding tert-OH is 2. The van der Waals surface area contributed by atoms with Gasteiger partial charge in [0.1, 0.15) is 11.3 Å². The van der Waals surface area contributed by atoms with Gasteiger partial charge in [0, 0.05) is 56.5 Å². The first-order valence-electron chi connectivity index (χ1n) is 15.4. The van der Waals surface area contributed by atoms with Gasteiger partial charge in [0.2, 0.25) is 5.91 Å². The number of carbonyl (C=O) groups excluding carboxylic acids is 1. The molecule has 0 radical (unpaired) electrons. The fraction of sp³-hybridized carbons (Fsp3) is 0.645. The number of unbranched alkanes of at least 4 members (excludes halogenated alkanes) is 1. The highest BCUT2D eigenvalue weighted by Crippen LogP contribution is 2.32. The Morgan fingerprint density at radius 2 is 1.83 bits per heavy atom. The second kappa shape index (κ2) is 15.1. The number of aromatic nitrogens is 3. The molecule has 6 N–H and O–H groups in total. The number of anilines is 1. The van der Waals surface area contributed by atoms with E-state index in [4.69, 9.17) is 26.2 Å². The molecule has 232 valence electrons. The summed E-state index contributed by atoms with van der Waals surface area (Å²) in [4.78, 5) is 26.4. The number of hydrogen-bond acceptors (Lipinski definition) is 9. The number of nitrogens with zero attached hydrogens (tertiary/aromatic N) is 5. The van der Waals surface area contributed by atoms with Crippen LogP contribution in [0.4, 0.5) is 5.82 Å². The molecule has 0 unspecified atom stereocenters. The Kier molecular flexibility index (Phi) is 11.5. The van der Waals surface area contributed by atoms with Crippen LogP contribution in [0, 0.1) is 5.41 Å². The third-order valence-electron chi connectivity index (χ3n) is 8.29. The molecule has 42 heavy (non-hydrogen) atoms. The van der Waals surface area contributed by atoms with Gasteiger partial charge in [-0.3, -0.25) is 9.69 Å². The van der Waals surface area contributed by atoms with Crippen LogP contribution in [0.5, 0.6) is 0 Å². The van der Waals surface area contributed by atoms with Gasteiger partial charge in [-0.2, -0.15) is 0 Å². The number of pyridine rings is 1. The summed E-state index contributed by atoms with van der Waals surface area (Å²) in [5.41, 5.74) is 14.8. The molecule has 0 aliphatic carbocycles. The Morgan fingerprint density at radius 1 is 1.07 bits per heavy atom. The summed E-state index contributed by atoms with van der Waals surface area (Å²) in [5, 5.41) is 21.0. The molecule has 3 aromatic rings. The van der Waals surface area contributed by atoms with Crippen molar-refractivity contribution in [3.05, 3.63) is 29.6 Å². The minimum absolute atomic E-state index is 0.130. The molecule has 3 heterocycles. The number of rotatable bonds is 16. The number of piperazine rings is 1. The smallest absolute Gasteiger partial charge is 0.224 e. The average molecular weight is 584 g/mol. The summed E-state index contributed by atoms with van der Waals surface area (Å²) in [6.45, 7) is 9.86. The van der Waals surface area contributed by atoms with E-state index in [1.807, 2.05) is 11.8 Å². The van der Waals surface area contributed by atoms with Gasteiger partial charge >= 0.3 is 0 Å². The molecule has 1 aliphatic heterocycles. The summed E-state index contributed by atoms with van der Waals surface area (Å²) in [7, 11) is 0. The van der Waals surface area contributed by atoms with Crippen LogP contribution < -0.4 is 11.5 Å². The van der Waals surface area contributed by atoms with Gasteiger partial charge in [0.05, 0.1) is 43.9 Å². The predicted molar refractivity (Wildman–Crippen MR) is 166 cm³/mol. The molecular formula is C31H49N7O4. The Labute approximate surface area is 248 Å². The molecule has 2 aromatic heterocycles. The Morgan fingerprint density at radius 3 is 2.52 bits per heavy atom. The fourth-order valence-electron chi connectivity index (χ4n) is 5.62. The molecular weight excluding hydrogens is 534 g/mol. The number of imidazole rings is 1. The minimum atomic E-state index is -0.684. The van der Waals surface area contributed by atoms with E-state index in [1.54, 1.807) is 0 Å². The normalized spacial score (nSPS) is 14.8. The van der Waals surface area contributed by atoms with Gasteiger partial charge < -0.3 is 35.9 Å². The largest absolute Gasteiger partial charge is 0.396 e. The third-order valence-corrected chi connectivity index (χ3v) is 8.29. The van der Waals surface area contributed by atoms with Gasteiger partial charge in [-0.25, -0.2) is 9.97 Å². The van der Waals surface area contributed by atoms with Crippen molar-refractivity contribution in [1.82, 2.24) is 24.3 Å². The zero-order valence-corrected chi connectivity index (χ0v) is 25.4. The van der Waals surface area contributed by atoms with Gasteiger partial charge in [-0.15, -0.1) is 0 Å². The number of hydrogen-bond donors (Lipinski definition) is 4. The molecule has 0 bridgehead atoms. The molecule has 0 saturated carbocycles. The van der Waals surface area contributed by atoms with Crippen LogP contribution in [0.15, 0.2) is 18.2 Å². The maximum atomic E-state index is 12.4. The number of nitrogen functional groups attached to an aromatic ring is 1. The van der Waals surface area contributed by atoms with E-state index in [2.05, 4.69) is 34.6 Å². The van der Waals surface area contributed by atoms with Crippen molar-refractivity contribution >= 4 is 33.7 Å². The van der Waals surface area contributed by atoms with E-state index in [9.17, 15) is 15.0 Å². The number of nitrogens with two attached hydrogens (primary N) is 2. The predicted octanol–water partition coefficient (Wildman–Crippen LogP) is 1.94. The van der Waals surface area contributed by atoms with E-state index in [-0.39, 0.29) is 19.1 Å². The summed E-state index contributed by atoms with van der Waals surface area (Å²) in [5.74, 6) is 1.46. The van der Waals surface area contributed by atoms with Gasteiger partial charge in [0.25, 0.3) is 0 Å². The number of ether oxygens (including phenoxy) is 1. The molecule has 11 heteroatoms. The van der Waals surface area contributed by atoms with E-state index >= 15 is 0 Å². The highest BCUT2D eigenvalue weighted by molar-refractivity contribution is 6.06. The van der Waals surface area contributed by atoms with E-state index < -0.39 is 5.41 Å². The van der Waals surface area contributed by atoms with Crippen molar-refractivity contribution in [2.24, 2.45) is 11.1 Å². The van der Waals surface area contributed by atoms with Gasteiger partial charge in [0.15, 0.2) is 5.82 Å². The second-order valence-electron chi connectivity index (χ2n) is 11.9. The molecule has 1 aliphatic rings. The lowest BCUT2D eigenvalue weighted by Crippen LogP contribution is -2.49. The Bertz CT molecular complexity index is 1320. The number of fused-ring (bicyclic) bond motifs is 3. The van der Waals surface area contributed by atoms with Crippen LogP contribution in [0.25, 0.3) is 21.9 Å². The van der Waals surface area contributed by atoms with Crippen molar-refractivity contribution in [2.45, 2.75) is 58.9 Å². The standard InChI is InChI=1S/C31H49N7O4/c1-3-4-7-26-35-28-29(38(26)20-31(2,21-39)22-40)24-9-8-23(19-25(24)34-30(28)33)6-5-12-36-13-15-37(16-14-36)27(41)10-17-42-18-11-32/h8-9,19,39-40H,3-7,10-18,20-22,32H2,1-2H3,(H2,33,34). The fourth-order valence-corrected chi connectivity index (χ4v) is 5.62. The van der Waals surface area contributed by atoms with Crippen LogP contribution in [0.3, 0.4) is 0 Å². The highest BCUT2D eigenvalue weighted by atomic mass is 16.5. The Hall–Kier alpha value is -2.83. The number of aryl methyl sites for hydroxylation is 2.